The molecule has 2 saturated carbocycles. The molecule has 1 aromatic rings. The maximum atomic E-state index is 12.6. The van der Waals surface area contributed by atoms with Gasteiger partial charge in [-0.25, -0.2) is 0 Å². The summed E-state index contributed by atoms with van der Waals surface area (Å²) in [5.74, 6) is 1.03. The van der Waals surface area contributed by atoms with Crippen LogP contribution in [-0.2, 0) is 16.0 Å². The first-order valence-corrected chi connectivity index (χ1v) is 8.60. The smallest absolute Gasteiger partial charge is 0.258 e. The highest BCUT2D eigenvalue weighted by Gasteiger charge is 2.63. The van der Waals surface area contributed by atoms with E-state index in [1.807, 2.05) is 24.3 Å². The number of hydrazine groups is 1. The van der Waals surface area contributed by atoms with Gasteiger partial charge in [0.2, 0.25) is 5.91 Å². The average molecular weight is 329 g/mol. The van der Waals surface area contributed by atoms with Crippen molar-refractivity contribution in [3.05, 3.63) is 29.8 Å². The van der Waals surface area contributed by atoms with Crippen molar-refractivity contribution in [3.8, 4) is 5.75 Å². The van der Waals surface area contributed by atoms with Gasteiger partial charge in [-0.1, -0.05) is 18.2 Å². The van der Waals surface area contributed by atoms with Crippen molar-refractivity contribution in [2.45, 2.75) is 43.7 Å². The van der Waals surface area contributed by atoms with Crippen molar-refractivity contribution in [1.82, 2.24) is 15.8 Å². The molecule has 2 aliphatic carbocycles. The number of hydrogen-bond acceptors (Lipinski definition) is 4. The first-order chi connectivity index (χ1) is 11.6. The van der Waals surface area contributed by atoms with Gasteiger partial charge in [0.05, 0.1) is 13.5 Å². The molecule has 2 bridgehead atoms. The lowest BCUT2D eigenvalue weighted by atomic mass is 9.72. The molecule has 2 N–H and O–H groups in total. The number of rotatable bonds is 5. The van der Waals surface area contributed by atoms with Crippen molar-refractivity contribution >= 4 is 11.8 Å². The number of nitrogens with zero attached hydrogens (tertiary/aromatic N) is 1. The van der Waals surface area contributed by atoms with Gasteiger partial charge in [0.1, 0.15) is 11.3 Å². The lowest BCUT2D eigenvalue weighted by Crippen LogP contribution is -2.61. The Balaban J connectivity index is 1.33. The SMILES string of the molecule is COc1ccccc1CC(=O)NNC(=O)C12CC(CN1C1CC1)C2. The average Bonchev–Trinajstić information content (AvgIpc) is 3.24. The second-order valence-electron chi connectivity index (χ2n) is 7.18. The molecule has 6 nitrogen and oxygen atoms in total. The lowest BCUT2D eigenvalue weighted by Gasteiger charge is -2.40. The van der Waals surface area contributed by atoms with Crippen LogP contribution in [0.2, 0.25) is 0 Å². The molecule has 6 heteroatoms. The van der Waals surface area contributed by atoms with Crippen LogP contribution in [0.15, 0.2) is 24.3 Å². The normalized spacial score (nSPS) is 28.1. The highest BCUT2D eigenvalue weighted by atomic mass is 16.5. The van der Waals surface area contributed by atoms with Crippen LogP contribution >= 0.6 is 0 Å². The summed E-state index contributed by atoms with van der Waals surface area (Å²) in [6, 6.07) is 7.97. The predicted octanol–water partition coefficient (Wildman–Crippen LogP) is 1.01. The molecule has 2 saturated heterocycles. The maximum absolute atomic E-state index is 12.6. The number of nitrogens with one attached hydrogen (secondary N) is 2. The van der Waals surface area contributed by atoms with E-state index in [1.165, 1.54) is 12.8 Å². The van der Waals surface area contributed by atoms with Crippen molar-refractivity contribution < 1.29 is 14.3 Å². The molecule has 0 radical (unpaired) electrons. The van der Waals surface area contributed by atoms with Crippen molar-refractivity contribution in [3.63, 3.8) is 0 Å². The van der Waals surface area contributed by atoms with Crippen molar-refractivity contribution in [2.75, 3.05) is 13.7 Å². The number of amides is 2. The Hall–Kier alpha value is -2.08. The Morgan fingerprint density at radius 1 is 1.25 bits per heavy atom. The topological polar surface area (TPSA) is 70.7 Å². The molecular formula is C18H23N3O3. The minimum Gasteiger partial charge on any atom is -0.496 e. The molecule has 2 aliphatic heterocycles. The molecule has 1 aromatic carbocycles. The Morgan fingerprint density at radius 2 is 2.00 bits per heavy atom. The summed E-state index contributed by atoms with van der Waals surface area (Å²) >= 11 is 0. The molecule has 0 unspecified atom stereocenters. The first kappa shape index (κ1) is 15.4. The van der Waals surface area contributed by atoms with E-state index < -0.39 is 0 Å². The number of methoxy groups -OCH3 is 1. The molecule has 24 heavy (non-hydrogen) atoms. The van der Waals surface area contributed by atoms with Gasteiger partial charge in [-0.3, -0.25) is 25.3 Å². The van der Waals surface area contributed by atoms with Crippen LogP contribution in [0, 0.1) is 5.92 Å². The number of para-hydroxylation sites is 1. The van der Waals surface area contributed by atoms with Crippen LogP contribution in [0.25, 0.3) is 0 Å². The van der Waals surface area contributed by atoms with Crippen LogP contribution < -0.4 is 15.6 Å². The number of ether oxygens (including phenoxy) is 1. The molecule has 2 amide bonds. The zero-order valence-corrected chi connectivity index (χ0v) is 13.9. The fraction of sp³-hybridized carbons (Fsp3) is 0.556. The quantitative estimate of drug-likeness (QED) is 0.791. The maximum Gasteiger partial charge on any atom is 0.258 e. The van der Waals surface area contributed by atoms with E-state index in [-0.39, 0.29) is 23.8 Å². The predicted molar refractivity (Wildman–Crippen MR) is 88.2 cm³/mol. The van der Waals surface area contributed by atoms with Gasteiger partial charge in [-0.05, 0) is 37.7 Å². The summed E-state index contributed by atoms with van der Waals surface area (Å²) in [6.45, 7) is 1.03. The van der Waals surface area contributed by atoms with Crippen LogP contribution in [0.5, 0.6) is 5.75 Å². The molecule has 0 spiro atoms. The fourth-order valence-electron chi connectivity index (χ4n) is 4.22. The van der Waals surface area contributed by atoms with Gasteiger partial charge in [0.25, 0.3) is 5.91 Å². The van der Waals surface area contributed by atoms with Crippen molar-refractivity contribution in [1.29, 1.82) is 0 Å². The van der Waals surface area contributed by atoms with Crippen LogP contribution in [0.4, 0.5) is 0 Å². The van der Waals surface area contributed by atoms with Gasteiger partial charge < -0.3 is 4.74 Å². The number of carbonyl (C=O) groups is 2. The molecule has 4 aliphatic rings. The monoisotopic (exact) mass is 329 g/mol. The Kier molecular flexibility index (Phi) is 3.72. The van der Waals surface area contributed by atoms with Gasteiger partial charge in [0.15, 0.2) is 0 Å². The zero-order chi connectivity index (χ0) is 16.7. The largest absolute Gasteiger partial charge is 0.496 e. The van der Waals surface area contributed by atoms with E-state index in [4.69, 9.17) is 4.74 Å². The first-order valence-electron chi connectivity index (χ1n) is 8.60. The van der Waals surface area contributed by atoms with Gasteiger partial charge in [-0.15, -0.1) is 0 Å². The summed E-state index contributed by atoms with van der Waals surface area (Å²) in [6.07, 6.45) is 4.42. The fourth-order valence-corrected chi connectivity index (χ4v) is 4.22. The highest BCUT2D eigenvalue weighted by Crippen LogP contribution is 2.54. The number of hydrogen-bond donors (Lipinski definition) is 2. The molecule has 128 valence electrons. The summed E-state index contributed by atoms with van der Waals surface area (Å²) in [5.41, 5.74) is 5.65. The van der Waals surface area contributed by atoms with E-state index in [1.54, 1.807) is 7.11 Å². The van der Waals surface area contributed by atoms with Gasteiger partial charge in [-0.2, -0.15) is 0 Å². The third kappa shape index (κ3) is 2.55. The molecule has 2 heterocycles. The zero-order valence-electron chi connectivity index (χ0n) is 13.9. The minimum absolute atomic E-state index is 0.0588. The standard InChI is InChI=1S/C18H23N3O3/c1-24-15-5-3-2-4-13(15)8-16(22)19-20-17(23)18-9-12(10-18)11-21(18)14-6-7-14/h2-5,12,14H,6-11H2,1H3,(H,19,22)(H,20,23). The third-order valence-corrected chi connectivity index (χ3v) is 5.53. The molecule has 5 rings (SSSR count). The van der Waals surface area contributed by atoms with E-state index in [9.17, 15) is 9.59 Å². The van der Waals surface area contributed by atoms with E-state index >= 15 is 0 Å². The lowest BCUT2D eigenvalue weighted by molar-refractivity contribution is -0.138. The highest BCUT2D eigenvalue weighted by molar-refractivity contribution is 5.90. The Labute approximate surface area is 141 Å². The number of carbonyl (C=O) groups excluding carboxylic acids is 2. The van der Waals surface area contributed by atoms with Crippen molar-refractivity contribution in [2.24, 2.45) is 5.92 Å². The second-order valence-corrected chi connectivity index (χ2v) is 7.18. The minimum atomic E-state index is -0.371. The molecule has 4 fully saturated rings. The third-order valence-electron chi connectivity index (χ3n) is 5.53. The summed E-state index contributed by atoms with van der Waals surface area (Å²) in [5, 5.41) is 0. The summed E-state index contributed by atoms with van der Waals surface area (Å²) < 4.78 is 5.25. The van der Waals surface area contributed by atoms with Crippen LogP contribution in [0.3, 0.4) is 0 Å². The van der Waals surface area contributed by atoms with Gasteiger partial charge in [0, 0.05) is 18.2 Å². The van der Waals surface area contributed by atoms with Crippen LogP contribution in [0.1, 0.15) is 31.2 Å². The van der Waals surface area contributed by atoms with Gasteiger partial charge >= 0.3 is 0 Å². The van der Waals surface area contributed by atoms with E-state index in [0.717, 1.165) is 24.9 Å². The molecule has 0 atom stereocenters. The molecule has 0 aromatic heterocycles. The Morgan fingerprint density at radius 3 is 2.71 bits per heavy atom. The second kappa shape index (κ2) is 5.77. The number of fused-ring (bicyclic) bond motifs is 1. The van der Waals surface area contributed by atoms with Crippen LogP contribution in [-0.4, -0.2) is 41.9 Å². The summed E-state index contributed by atoms with van der Waals surface area (Å²) in [4.78, 5) is 27.1. The number of benzene rings is 1. The van der Waals surface area contributed by atoms with E-state index in [2.05, 4.69) is 15.8 Å². The Bertz CT molecular complexity index is 665. The van der Waals surface area contributed by atoms with E-state index in [0.29, 0.717) is 17.7 Å². The summed E-state index contributed by atoms with van der Waals surface area (Å²) in [7, 11) is 1.58. The molecular weight excluding hydrogens is 306 g/mol.